The van der Waals surface area contributed by atoms with Crippen molar-refractivity contribution in [3.05, 3.63) is 35.5 Å². The number of nitrogens with zero attached hydrogens (tertiary/aromatic N) is 1. The predicted octanol–water partition coefficient (Wildman–Crippen LogP) is 2.55. The van der Waals surface area contributed by atoms with E-state index < -0.39 is 29.5 Å². The zero-order valence-corrected chi connectivity index (χ0v) is 14.5. The first kappa shape index (κ1) is 17.0. The van der Waals surface area contributed by atoms with Gasteiger partial charge in [-0.3, -0.25) is 9.59 Å². The van der Waals surface area contributed by atoms with Gasteiger partial charge in [-0.1, -0.05) is 35.5 Å². The number of hydrogen-bond acceptors (Lipinski definition) is 3. The molecule has 1 spiro atoms. The van der Waals surface area contributed by atoms with E-state index in [-0.39, 0.29) is 5.91 Å². The Hall–Kier alpha value is -1.88. The minimum absolute atomic E-state index is 0.0948. The van der Waals surface area contributed by atoms with Gasteiger partial charge in [0.05, 0.1) is 18.6 Å². The summed E-state index contributed by atoms with van der Waals surface area (Å²) in [6.07, 6.45) is 9.48. The summed E-state index contributed by atoms with van der Waals surface area (Å²) < 4.78 is 5.87. The lowest BCUT2D eigenvalue weighted by atomic mass is 9.77. The second kappa shape index (κ2) is 6.20. The van der Waals surface area contributed by atoms with Crippen LogP contribution >= 0.6 is 0 Å². The summed E-state index contributed by atoms with van der Waals surface area (Å²) in [5.41, 5.74) is 1.82. The molecule has 0 radical (unpaired) electrons. The Kier molecular flexibility index (Phi) is 4.38. The van der Waals surface area contributed by atoms with Crippen LogP contribution in [0.1, 0.15) is 33.6 Å². The van der Waals surface area contributed by atoms with E-state index in [1.165, 1.54) is 11.1 Å². The first-order valence-electron chi connectivity index (χ1n) is 8.52. The second-order valence-electron chi connectivity index (χ2n) is 7.33. The molecule has 3 aliphatic heterocycles. The summed E-state index contributed by atoms with van der Waals surface area (Å²) in [6, 6.07) is 0. The highest BCUT2D eigenvalue weighted by Crippen LogP contribution is 2.51. The molecule has 5 nitrogen and oxygen atoms in total. The Labute approximate surface area is 142 Å². The summed E-state index contributed by atoms with van der Waals surface area (Å²) in [6.45, 7) is 7.21. The third kappa shape index (κ3) is 2.81. The normalized spacial score (nSPS) is 34.0. The minimum atomic E-state index is -0.945. The Balaban J connectivity index is 1.66. The summed E-state index contributed by atoms with van der Waals surface area (Å²) in [4.78, 5) is 26.0. The average molecular weight is 331 g/mol. The highest BCUT2D eigenvalue weighted by atomic mass is 16.5. The van der Waals surface area contributed by atoms with Crippen LogP contribution in [-0.4, -0.2) is 46.7 Å². The molecule has 3 rings (SSSR count). The number of ether oxygens (including phenoxy) is 1. The van der Waals surface area contributed by atoms with E-state index in [1.54, 1.807) is 11.0 Å². The predicted molar refractivity (Wildman–Crippen MR) is 90.4 cm³/mol. The Morgan fingerprint density at radius 2 is 2.17 bits per heavy atom. The molecule has 5 heteroatoms. The van der Waals surface area contributed by atoms with Crippen molar-refractivity contribution in [1.29, 1.82) is 0 Å². The lowest BCUT2D eigenvalue weighted by Gasteiger charge is -2.21. The molecule has 2 fully saturated rings. The molecule has 3 heterocycles. The van der Waals surface area contributed by atoms with Crippen molar-refractivity contribution in [2.24, 2.45) is 11.8 Å². The number of carboxylic acids is 1. The first-order chi connectivity index (χ1) is 11.3. The molecule has 24 heavy (non-hydrogen) atoms. The first-order valence-corrected chi connectivity index (χ1v) is 8.52. The van der Waals surface area contributed by atoms with Gasteiger partial charge in [0.15, 0.2) is 0 Å². The molecular formula is C19H25NO4. The highest BCUT2D eigenvalue weighted by molar-refractivity contribution is 5.90. The maximum atomic E-state index is 12.7. The van der Waals surface area contributed by atoms with Crippen molar-refractivity contribution in [1.82, 2.24) is 4.90 Å². The third-order valence-corrected chi connectivity index (χ3v) is 5.22. The fourth-order valence-corrected chi connectivity index (χ4v) is 3.97. The Morgan fingerprint density at radius 3 is 2.83 bits per heavy atom. The number of allylic oxidation sites excluding steroid dienone is 3. The van der Waals surface area contributed by atoms with Crippen molar-refractivity contribution >= 4 is 11.9 Å². The molecule has 0 aromatic rings. The molecule has 0 aliphatic carbocycles. The SMILES string of the molecule is CC(C)=CCCC(C)=CCN1C[C@@]23C=C[C@@H](O2)[C@@H](C(=O)O)[C@H]3C1=O. The molecule has 0 saturated carbocycles. The van der Waals surface area contributed by atoms with Gasteiger partial charge >= 0.3 is 5.97 Å². The van der Waals surface area contributed by atoms with Crippen LogP contribution in [0.5, 0.6) is 0 Å². The number of carboxylic acid groups (broad SMARTS) is 1. The fourth-order valence-electron chi connectivity index (χ4n) is 3.97. The van der Waals surface area contributed by atoms with Gasteiger partial charge in [-0.15, -0.1) is 0 Å². The number of carbonyl (C=O) groups excluding carboxylic acids is 1. The van der Waals surface area contributed by atoms with Gasteiger partial charge in [0.1, 0.15) is 11.5 Å². The topological polar surface area (TPSA) is 66.8 Å². The lowest BCUT2D eigenvalue weighted by molar-refractivity contribution is -0.147. The van der Waals surface area contributed by atoms with Crippen LogP contribution in [0, 0.1) is 11.8 Å². The quantitative estimate of drug-likeness (QED) is 0.760. The van der Waals surface area contributed by atoms with E-state index in [0.717, 1.165) is 12.8 Å². The van der Waals surface area contributed by atoms with Crippen molar-refractivity contribution in [2.45, 2.75) is 45.3 Å². The van der Waals surface area contributed by atoms with Gasteiger partial charge < -0.3 is 14.7 Å². The maximum absolute atomic E-state index is 12.7. The summed E-state index contributed by atoms with van der Waals surface area (Å²) in [7, 11) is 0. The van der Waals surface area contributed by atoms with E-state index in [2.05, 4.69) is 32.9 Å². The number of rotatable bonds is 6. The Morgan fingerprint density at radius 1 is 1.42 bits per heavy atom. The van der Waals surface area contributed by atoms with Crippen LogP contribution < -0.4 is 0 Å². The molecule has 1 N–H and O–H groups in total. The van der Waals surface area contributed by atoms with E-state index in [9.17, 15) is 14.7 Å². The Bertz CT molecular complexity index is 644. The molecule has 1 amide bonds. The van der Waals surface area contributed by atoms with Crippen LogP contribution in [-0.2, 0) is 14.3 Å². The van der Waals surface area contributed by atoms with E-state index in [1.807, 2.05) is 6.08 Å². The molecular weight excluding hydrogens is 306 g/mol. The van der Waals surface area contributed by atoms with Crippen LogP contribution in [0.15, 0.2) is 35.5 Å². The number of likely N-dealkylation sites (tertiary alicyclic amines) is 1. The molecule has 3 aliphatic rings. The molecule has 2 saturated heterocycles. The minimum Gasteiger partial charge on any atom is -0.481 e. The fraction of sp³-hybridized carbons (Fsp3) is 0.579. The molecule has 130 valence electrons. The molecule has 0 unspecified atom stereocenters. The maximum Gasteiger partial charge on any atom is 0.310 e. The van der Waals surface area contributed by atoms with Crippen molar-refractivity contribution in [2.75, 3.05) is 13.1 Å². The second-order valence-corrected chi connectivity index (χ2v) is 7.33. The van der Waals surface area contributed by atoms with Gasteiger partial charge in [-0.25, -0.2) is 0 Å². The smallest absolute Gasteiger partial charge is 0.310 e. The van der Waals surface area contributed by atoms with Gasteiger partial charge in [0, 0.05) is 6.54 Å². The standard InChI is InChI=1S/C19H25NO4/c1-12(2)5-4-6-13(3)8-10-20-11-19-9-7-14(24-19)15(18(22)23)16(19)17(20)21/h5,7-9,14-16H,4,6,10-11H2,1-3H3,(H,22,23)/t14-,15-,16+,19-/m1/s1. The molecule has 0 aromatic carbocycles. The zero-order valence-electron chi connectivity index (χ0n) is 14.5. The van der Waals surface area contributed by atoms with Gasteiger partial charge in [-0.2, -0.15) is 0 Å². The summed E-state index contributed by atoms with van der Waals surface area (Å²) >= 11 is 0. The lowest BCUT2D eigenvalue weighted by Crippen LogP contribution is -2.39. The van der Waals surface area contributed by atoms with Crippen LogP contribution in [0.4, 0.5) is 0 Å². The largest absolute Gasteiger partial charge is 0.481 e. The van der Waals surface area contributed by atoms with E-state index >= 15 is 0 Å². The van der Waals surface area contributed by atoms with Gasteiger partial charge in [0.2, 0.25) is 5.91 Å². The average Bonchev–Trinajstić information content (AvgIpc) is 3.13. The highest BCUT2D eigenvalue weighted by Gasteiger charge is 2.66. The number of hydrogen-bond donors (Lipinski definition) is 1. The van der Waals surface area contributed by atoms with Crippen LogP contribution in [0.25, 0.3) is 0 Å². The molecule has 0 aromatic heterocycles. The van der Waals surface area contributed by atoms with E-state index in [4.69, 9.17) is 4.74 Å². The van der Waals surface area contributed by atoms with E-state index in [0.29, 0.717) is 13.1 Å². The van der Waals surface area contributed by atoms with Crippen LogP contribution in [0.2, 0.25) is 0 Å². The number of fused-ring (bicyclic) bond motifs is 1. The van der Waals surface area contributed by atoms with Crippen molar-refractivity contribution in [3.63, 3.8) is 0 Å². The monoisotopic (exact) mass is 331 g/mol. The van der Waals surface area contributed by atoms with Gasteiger partial charge in [0.25, 0.3) is 0 Å². The van der Waals surface area contributed by atoms with Gasteiger partial charge in [-0.05, 0) is 33.6 Å². The zero-order chi connectivity index (χ0) is 17.5. The number of aliphatic carboxylic acids is 1. The number of amides is 1. The van der Waals surface area contributed by atoms with Crippen molar-refractivity contribution in [3.8, 4) is 0 Å². The molecule has 4 atom stereocenters. The summed E-state index contributed by atoms with van der Waals surface area (Å²) in [5.74, 6) is -2.37. The summed E-state index contributed by atoms with van der Waals surface area (Å²) in [5, 5.41) is 9.44. The van der Waals surface area contributed by atoms with Crippen LogP contribution in [0.3, 0.4) is 0 Å². The third-order valence-electron chi connectivity index (χ3n) is 5.22. The molecule has 2 bridgehead atoms. The van der Waals surface area contributed by atoms with Crippen molar-refractivity contribution < 1.29 is 19.4 Å². The number of carbonyl (C=O) groups is 2.